The molecule has 4 aromatic rings. The summed E-state index contributed by atoms with van der Waals surface area (Å²) in [6.07, 6.45) is 1.13. The monoisotopic (exact) mass is 598 g/mol. The van der Waals surface area contributed by atoms with Gasteiger partial charge in [-0.3, -0.25) is 19.0 Å². The van der Waals surface area contributed by atoms with Crippen LogP contribution in [0.4, 0.5) is 0 Å². The number of hydrogen-bond donors (Lipinski definition) is 1. The Hall–Kier alpha value is -4.64. The second kappa shape index (κ2) is 12.2. The third kappa shape index (κ3) is 5.92. The van der Waals surface area contributed by atoms with Crippen LogP contribution in [0.2, 0.25) is 0 Å². The first-order valence-electron chi connectivity index (χ1n) is 14.9. The van der Waals surface area contributed by atoms with Crippen molar-refractivity contribution in [1.29, 1.82) is 0 Å². The lowest BCUT2D eigenvalue weighted by Crippen LogP contribution is -2.57. The summed E-state index contributed by atoms with van der Waals surface area (Å²) in [7, 11) is 5.28. The number of carbonyl (C=O) groups is 2. The molecule has 230 valence electrons. The van der Waals surface area contributed by atoms with Gasteiger partial charge >= 0.3 is 0 Å². The van der Waals surface area contributed by atoms with Gasteiger partial charge in [-0.05, 0) is 68.1 Å². The molecule has 2 atom stereocenters. The molecule has 0 saturated carbocycles. The van der Waals surface area contributed by atoms with Gasteiger partial charge in [0.05, 0.1) is 37.3 Å². The fourth-order valence-electron chi connectivity index (χ4n) is 6.07. The van der Waals surface area contributed by atoms with Crippen molar-refractivity contribution in [2.45, 2.75) is 51.9 Å². The van der Waals surface area contributed by atoms with Gasteiger partial charge in [0, 0.05) is 44.9 Å². The van der Waals surface area contributed by atoms with Crippen molar-refractivity contribution in [3.63, 3.8) is 0 Å². The number of hydrogen-bond acceptors (Lipinski definition) is 7. The van der Waals surface area contributed by atoms with E-state index in [9.17, 15) is 9.59 Å². The second-order valence-electron chi connectivity index (χ2n) is 11.5. The molecular formula is C33H38N6O5. The number of aryl methyl sites for hydroxylation is 4. The predicted molar refractivity (Wildman–Crippen MR) is 164 cm³/mol. The quantitative estimate of drug-likeness (QED) is 0.378. The molecule has 2 amide bonds. The van der Waals surface area contributed by atoms with Crippen LogP contribution in [0.5, 0.6) is 17.2 Å². The number of methoxy groups -OCH3 is 1. The Morgan fingerprint density at radius 1 is 1.02 bits per heavy atom. The minimum atomic E-state index is -0.369. The average Bonchev–Trinajstić information content (AvgIpc) is 3.51. The minimum Gasteiger partial charge on any atom is -0.493 e. The molecule has 2 aliphatic rings. The zero-order valence-electron chi connectivity index (χ0n) is 25.8. The van der Waals surface area contributed by atoms with Crippen molar-refractivity contribution >= 4 is 11.8 Å². The number of aromatic nitrogens is 4. The average molecular weight is 599 g/mol. The highest BCUT2D eigenvalue weighted by atomic mass is 16.5. The molecule has 0 spiro atoms. The van der Waals surface area contributed by atoms with E-state index in [0.717, 1.165) is 28.1 Å². The number of benzene rings is 2. The van der Waals surface area contributed by atoms with E-state index in [4.69, 9.17) is 14.2 Å². The van der Waals surface area contributed by atoms with Crippen molar-refractivity contribution in [2.75, 3.05) is 20.2 Å². The summed E-state index contributed by atoms with van der Waals surface area (Å²) in [6, 6.07) is 14.9. The highest BCUT2D eigenvalue weighted by molar-refractivity contribution is 5.94. The number of likely N-dealkylation sites (tertiary alicyclic amines) is 1. The molecule has 1 fully saturated rings. The van der Waals surface area contributed by atoms with Crippen LogP contribution in [0.15, 0.2) is 48.5 Å². The molecule has 4 bridgehead atoms. The van der Waals surface area contributed by atoms with Crippen LogP contribution in [0.25, 0.3) is 11.3 Å². The molecule has 44 heavy (non-hydrogen) atoms. The summed E-state index contributed by atoms with van der Waals surface area (Å²) in [5, 5.41) is 12.3. The van der Waals surface area contributed by atoms with Crippen molar-refractivity contribution in [2.24, 2.45) is 14.1 Å². The van der Waals surface area contributed by atoms with Crippen LogP contribution in [-0.2, 0) is 36.7 Å². The molecule has 4 heterocycles. The van der Waals surface area contributed by atoms with Gasteiger partial charge in [0.1, 0.15) is 11.4 Å². The highest BCUT2D eigenvalue weighted by Gasteiger charge is 2.35. The lowest BCUT2D eigenvalue weighted by atomic mass is 10.0. The first kappa shape index (κ1) is 29.4. The Labute approximate surface area is 256 Å². The van der Waals surface area contributed by atoms with Gasteiger partial charge in [-0.25, -0.2) is 0 Å². The number of nitrogens with zero attached hydrogens (tertiary/aromatic N) is 5. The SMILES string of the molecule is COc1ccc2cc1Oc1cccc(c1)CO[C@@H]1CCN(C(=O)c3cc(-c4c(C)nn(C)c4C)nn3C)C[C@@H]1NC(=O)CC2. The van der Waals surface area contributed by atoms with Crippen LogP contribution >= 0.6 is 0 Å². The highest BCUT2D eigenvalue weighted by Crippen LogP contribution is 2.34. The van der Waals surface area contributed by atoms with Gasteiger partial charge in [-0.2, -0.15) is 10.2 Å². The van der Waals surface area contributed by atoms with E-state index >= 15 is 0 Å². The van der Waals surface area contributed by atoms with Crippen LogP contribution in [0.1, 0.15) is 45.8 Å². The summed E-state index contributed by atoms with van der Waals surface area (Å²) in [4.78, 5) is 28.8. The molecule has 6 rings (SSSR count). The summed E-state index contributed by atoms with van der Waals surface area (Å²) >= 11 is 0. The van der Waals surface area contributed by atoms with Crippen molar-refractivity contribution in [3.8, 4) is 28.5 Å². The molecule has 0 unspecified atom stereocenters. The molecule has 2 aromatic carbocycles. The largest absolute Gasteiger partial charge is 0.493 e. The normalized spacial score (nSPS) is 18.8. The number of piperidine rings is 1. The maximum atomic E-state index is 13.8. The second-order valence-corrected chi connectivity index (χ2v) is 11.5. The Morgan fingerprint density at radius 2 is 1.86 bits per heavy atom. The maximum absolute atomic E-state index is 13.8. The van der Waals surface area contributed by atoms with Gasteiger partial charge < -0.3 is 24.4 Å². The number of fused-ring (bicyclic) bond motifs is 5. The van der Waals surface area contributed by atoms with E-state index in [-0.39, 0.29) is 30.4 Å². The lowest BCUT2D eigenvalue weighted by molar-refractivity contribution is -0.124. The van der Waals surface area contributed by atoms with Gasteiger partial charge in [0.2, 0.25) is 5.91 Å². The van der Waals surface area contributed by atoms with Crippen molar-refractivity contribution in [3.05, 3.63) is 76.7 Å². The summed E-state index contributed by atoms with van der Waals surface area (Å²) in [6.45, 7) is 5.10. The third-order valence-corrected chi connectivity index (χ3v) is 8.51. The zero-order chi connectivity index (χ0) is 31.0. The van der Waals surface area contributed by atoms with E-state index in [1.54, 1.807) is 23.7 Å². The maximum Gasteiger partial charge on any atom is 0.272 e. The summed E-state index contributed by atoms with van der Waals surface area (Å²) in [5.74, 6) is 1.65. The van der Waals surface area contributed by atoms with Gasteiger partial charge in [0.25, 0.3) is 5.91 Å². The Bertz CT molecular complexity index is 1710. The number of carbonyl (C=O) groups excluding carboxylic acids is 2. The first-order chi connectivity index (χ1) is 21.2. The standard InChI is InChI=1S/C33H38N6O5/c1-20-32(21(2)37(3)35-20)25-17-27(38(4)36-25)33(41)39-14-13-28-26(18-39)34-31(40)12-10-22-9-11-29(42-5)30(16-22)44-24-8-6-7-23(15-24)19-43-28/h6-9,11,15-17,26,28H,10,12-14,18-19H2,1-5H3,(H,34,40)/t26-,28+/m0/s1. The van der Waals surface area contributed by atoms with Crippen LogP contribution in [0, 0.1) is 13.8 Å². The van der Waals surface area contributed by atoms with Crippen molar-refractivity contribution < 1.29 is 23.8 Å². The topological polar surface area (TPSA) is 113 Å². The molecule has 0 aliphatic carbocycles. The fourth-order valence-corrected chi connectivity index (χ4v) is 6.07. The molecule has 0 radical (unpaired) electrons. The van der Waals surface area contributed by atoms with Crippen LogP contribution < -0.4 is 14.8 Å². The Balaban J connectivity index is 1.23. The summed E-state index contributed by atoms with van der Waals surface area (Å²) < 4.78 is 21.5. The fraction of sp³-hybridized carbons (Fsp3) is 0.394. The molecule has 11 heteroatoms. The number of nitrogens with one attached hydrogen (secondary N) is 1. The first-order valence-corrected chi connectivity index (χ1v) is 14.9. The molecule has 1 N–H and O–H groups in total. The van der Waals surface area contributed by atoms with E-state index in [2.05, 4.69) is 15.5 Å². The summed E-state index contributed by atoms with van der Waals surface area (Å²) in [5.41, 5.74) is 5.88. The van der Waals surface area contributed by atoms with Crippen LogP contribution in [0.3, 0.4) is 0 Å². The number of rotatable bonds is 3. The van der Waals surface area contributed by atoms with E-state index < -0.39 is 0 Å². The van der Waals surface area contributed by atoms with E-state index in [1.807, 2.05) is 74.1 Å². The van der Waals surface area contributed by atoms with Crippen molar-refractivity contribution in [1.82, 2.24) is 29.8 Å². The molecule has 1 saturated heterocycles. The third-order valence-electron chi connectivity index (χ3n) is 8.51. The minimum absolute atomic E-state index is 0.100. The van der Waals surface area contributed by atoms with Crippen LogP contribution in [-0.4, -0.2) is 68.6 Å². The predicted octanol–water partition coefficient (Wildman–Crippen LogP) is 4.10. The smallest absolute Gasteiger partial charge is 0.272 e. The van der Waals surface area contributed by atoms with E-state index in [1.165, 1.54) is 0 Å². The molecule has 11 nitrogen and oxygen atoms in total. The Kier molecular flexibility index (Phi) is 8.13. The van der Waals surface area contributed by atoms with Gasteiger partial charge in [-0.1, -0.05) is 18.2 Å². The molecular weight excluding hydrogens is 560 g/mol. The Morgan fingerprint density at radius 3 is 2.64 bits per heavy atom. The van der Waals surface area contributed by atoms with Gasteiger partial charge in [0.15, 0.2) is 11.5 Å². The zero-order valence-corrected chi connectivity index (χ0v) is 25.8. The molecule has 2 aliphatic heterocycles. The van der Waals surface area contributed by atoms with E-state index in [0.29, 0.717) is 61.2 Å². The lowest BCUT2D eigenvalue weighted by Gasteiger charge is -2.38. The van der Waals surface area contributed by atoms with Gasteiger partial charge in [-0.15, -0.1) is 0 Å². The molecule has 2 aromatic heterocycles. The number of amides is 2. The number of ether oxygens (including phenoxy) is 3.